The average molecular weight is 225 g/mol. The monoisotopic (exact) mass is 225 g/mol. The van der Waals surface area contributed by atoms with Gasteiger partial charge in [-0.1, -0.05) is 6.92 Å². The van der Waals surface area contributed by atoms with Crippen LogP contribution in [0, 0.1) is 22.2 Å². The van der Waals surface area contributed by atoms with Crippen molar-refractivity contribution >= 4 is 5.91 Å². The van der Waals surface area contributed by atoms with Gasteiger partial charge in [-0.15, -0.1) is 0 Å². The van der Waals surface area contributed by atoms with Crippen LogP contribution < -0.4 is 5.73 Å². The smallest absolute Gasteiger partial charge is 0.223 e. The molecule has 1 amide bonds. The summed E-state index contributed by atoms with van der Waals surface area (Å²) < 4.78 is 13.4. The van der Waals surface area contributed by atoms with E-state index < -0.39 is 0 Å². The molecule has 4 rings (SSSR count). The fourth-order valence-electron chi connectivity index (χ4n) is 5.56. The van der Waals surface area contributed by atoms with E-state index in [1.165, 1.54) is 6.42 Å². The van der Waals surface area contributed by atoms with Crippen molar-refractivity contribution in [3.05, 3.63) is 0 Å². The van der Waals surface area contributed by atoms with Crippen LogP contribution >= 0.6 is 0 Å². The summed E-state index contributed by atoms with van der Waals surface area (Å²) in [6, 6.07) is 0. The summed E-state index contributed by atoms with van der Waals surface area (Å²) >= 11 is 0. The third-order valence-electron chi connectivity index (χ3n) is 5.27. The number of nitrogens with two attached hydrogens (primary N) is 1. The molecule has 2 nitrogen and oxygen atoms in total. The fourth-order valence-corrected chi connectivity index (χ4v) is 5.56. The van der Waals surface area contributed by atoms with Gasteiger partial charge in [0.15, 0.2) is 0 Å². The summed E-state index contributed by atoms with van der Waals surface area (Å²) in [6.45, 7) is 1.95. The molecule has 90 valence electrons. The first-order valence-corrected chi connectivity index (χ1v) is 6.27. The van der Waals surface area contributed by atoms with Crippen molar-refractivity contribution in [3.8, 4) is 0 Å². The van der Waals surface area contributed by atoms with Crippen LogP contribution in [0.5, 0.6) is 0 Å². The molecule has 0 aromatic heterocycles. The Hall–Kier alpha value is -0.600. The number of carbonyl (C=O) groups excluding carboxylic acids is 1. The van der Waals surface area contributed by atoms with Gasteiger partial charge in [0.25, 0.3) is 0 Å². The number of amides is 1. The topological polar surface area (TPSA) is 43.1 Å². The molecule has 3 heteroatoms. The lowest BCUT2D eigenvalue weighted by molar-refractivity contribution is -0.173. The van der Waals surface area contributed by atoms with Crippen molar-refractivity contribution in [2.45, 2.75) is 45.4 Å². The van der Waals surface area contributed by atoms with Gasteiger partial charge in [-0.2, -0.15) is 0 Å². The van der Waals surface area contributed by atoms with Crippen molar-refractivity contribution in [2.24, 2.45) is 27.9 Å². The molecule has 2 N–H and O–H groups in total. The molecule has 0 saturated heterocycles. The van der Waals surface area contributed by atoms with E-state index in [-0.39, 0.29) is 28.8 Å². The normalized spacial score (nSPS) is 54.2. The molecule has 4 saturated carbocycles. The van der Waals surface area contributed by atoms with Crippen LogP contribution in [-0.2, 0) is 4.79 Å². The van der Waals surface area contributed by atoms with Crippen molar-refractivity contribution in [3.63, 3.8) is 0 Å². The number of carbonyl (C=O) groups is 1. The molecule has 0 spiro atoms. The highest BCUT2D eigenvalue weighted by atomic mass is 19.1. The molecule has 0 aliphatic heterocycles. The maximum Gasteiger partial charge on any atom is 0.223 e. The fraction of sp³-hybridized carbons (Fsp3) is 0.923. The molecule has 0 radical (unpaired) electrons. The van der Waals surface area contributed by atoms with Crippen molar-refractivity contribution in [1.29, 1.82) is 0 Å². The molecular formula is C13H20FNO. The van der Waals surface area contributed by atoms with E-state index in [0.29, 0.717) is 12.3 Å². The van der Waals surface area contributed by atoms with Gasteiger partial charge in [-0.05, 0) is 49.9 Å². The first kappa shape index (κ1) is 10.5. The van der Waals surface area contributed by atoms with Crippen LogP contribution in [0.4, 0.5) is 4.39 Å². The van der Waals surface area contributed by atoms with Crippen LogP contribution in [0.15, 0.2) is 0 Å². The number of alkyl halides is 1. The lowest BCUT2D eigenvalue weighted by Crippen LogP contribution is -2.60. The van der Waals surface area contributed by atoms with E-state index in [1.807, 2.05) is 0 Å². The first-order valence-electron chi connectivity index (χ1n) is 6.27. The van der Waals surface area contributed by atoms with E-state index in [4.69, 9.17) is 5.73 Å². The summed E-state index contributed by atoms with van der Waals surface area (Å²) in [5.41, 5.74) is 5.18. The minimum atomic E-state index is -0.375. The number of rotatable bonds is 2. The zero-order valence-corrected chi connectivity index (χ0v) is 9.89. The second-order valence-electron chi connectivity index (χ2n) is 7.10. The summed E-state index contributed by atoms with van der Waals surface area (Å²) in [5, 5.41) is 0. The van der Waals surface area contributed by atoms with Crippen LogP contribution in [0.25, 0.3) is 0 Å². The van der Waals surface area contributed by atoms with E-state index in [2.05, 4.69) is 6.92 Å². The van der Waals surface area contributed by atoms with Gasteiger partial charge in [0.1, 0.15) is 0 Å². The van der Waals surface area contributed by atoms with Gasteiger partial charge in [0.05, 0.1) is 12.1 Å². The Balaban J connectivity index is 2.04. The Morgan fingerprint density at radius 3 is 2.62 bits per heavy atom. The largest absolute Gasteiger partial charge is 0.369 e. The molecule has 16 heavy (non-hydrogen) atoms. The molecule has 4 aliphatic carbocycles. The Bertz CT molecular complexity index is 358. The van der Waals surface area contributed by atoms with Gasteiger partial charge >= 0.3 is 0 Å². The highest BCUT2D eigenvalue weighted by molar-refractivity contribution is 5.81. The number of halogens is 1. The van der Waals surface area contributed by atoms with Gasteiger partial charge in [-0.3, -0.25) is 9.18 Å². The van der Waals surface area contributed by atoms with Gasteiger partial charge < -0.3 is 5.73 Å². The van der Waals surface area contributed by atoms with Crippen molar-refractivity contribution in [2.75, 3.05) is 6.67 Å². The number of hydrogen-bond acceptors (Lipinski definition) is 1. The standard InChI is InChI=1S/C13H20FNO/c1-11-2-9-3-12(5-11,8-14)7-13(4-9,6-11)10(15)16/h9H,2-8H2,1H3,(H2,15,16)/t9?,11-,12-,13?/m1/s1. The van der Waals surface area contributed by atoms with E-state index in [0.717, 1.165) is 25.7 Å². The molecular weight excluding hydrogens is 205 g/mol. The predicted octanol–water partition coefficient (Wildman–Crippen LogP) is 2.42. The predicted molar refractivity (Wildman–Crippen MR) is 59.3 cm³/mol. The number of primary amides is 1. The summed E-state index contributed by atoms with van der Waals surface area (Å²) in [5.74, 6) is 0.352. The highest BCUT2D eigenvalue weighted by Gasteiger charge is 2.63. The highest BCUT2D eigenvalue weighted by Crippen LogP contribution is 2.69. The maximum atomic E-state index is 13.4. The van der Waals surface area contributed by atoms with E-state index in [9.17, 15) is 9.18 Å². The minimum absolute atomic E-state index is 0.167. The molecule has 0 aromatic rings. The van der Waals surface area contributed by atoms with Crippen molar-refractivity contribution < 1.29 is 9.18 Å². The zero-order valence-electron chi connectivity index (χ0n) is 9.89. The van der Waals surface area contributed by atoms with E-state index in [1.54, 1.807) is 0 Å². The third kappa shape index (κ3) is 1.20. The van der Waals surface area contributed by atoms with Gasteiger partial charge in [-0.25, -0.2) is 0 Å². The minimum Gasteiger partial charge on any atom is -0.369 e. The number of hydrogen-bond donors (Lipinski definition) is 1. The maximum absolute atomic E-state index is 13.4. The lowest BCUT2D eigenvalue weighted by Gasteiger charge is -2.64. The SMILES string of the molecule is C[C@]12CC3CC(C(N)=O)(C1)C[C@@](CF)(C3)C2. The molecule has 4 aliphatic rings. The first-order chi connectivity index (χ1) is 7.41. The van der Waals surface area contributed by atoms with Gasteiger partial charge in [0, 0.05) is 5.41 Å². The second kappa shape index (κ2) is 2.80. The summed E-state index contributed by atoms with van der Waals surface area (Å²) in [7, 11) is 0. The molecule has 4 atom stereocenters. The molecule has 4 fully saturated rings. The van der Waals surface area contributed by atoms with Crippen LogP contribution in [-0.4, -0.2) is 12.6 Å². The molecule has 2 unspecified atom stereocenters. The Morgan fingerprint density at radius 2 is 2.06 bits per heavy atom. The third-order valence-corrected chi connectivity index (χ3v) is 5.27. The second-order valence-corrected chi connectivity index (χ2v) is 7.10. The summed E-state index contributed by atoms with van der Waals surface area (Å²) in [4.78, 5) is 11.8. The molecule has 0 heterocycles. The molecule has 4 bridgehead atoms. The van der Waals surface area contributed by atoms with Crippen molar-refractivity contribution in [1.82, 2.24) is 0 Å². The Kier molecular flexibility index (Phi) is 1.84. The Labute approximate surface area is 95.8 Å². The average Bonchev–Trinajstić information content (AvgIpc) is 2.13. The lowest BCUT2D eigenvalue weighted by atomic mass is 9.40. The van der Waals surface area contributed by atoms with E-state index >= 15 is 0 Å². The van der Waals surface area contributed by atoms with Crippen LogP contribution in [0.3, 0.4) is 0 Å². The van der Waals surface area contributed by atoms with Crippen LogP contribution in [0.2, 0.25) is 0 Å². The zero-order chi connectivity index (χ0) is 11.6. The quantitative estimate of drug-likeness (QED) is 0.770. The Morgan fingerprint density at radius 1 is 1.31 bits per heavy atom. The summed E-state index contributed by atoms with van der Waals surface area (Å²) in [6.07, 6.45) is 5.63. The molecule has 0 aromatic carbocycles. The van der Waals surface area contributed by atoms with Crippen LogP contribution in [0.1, 0.15) is 45.4 Å². The van der Waals surface area contributed by atoms with Gasteiger partial charge in [0.2, 0.25) is 5.91 Å².